The summed E-state index contributed by atoms with van der Waals surface area (Å²) in [7, 11) is 1.57. The van der Waals surface area contributed by atoms with Crippen LogP contribution in [0.15, 0.2) is 36.4 Å². The molecule has 0 spiro atoms. The Morgan fingerprint density at radius 1 is 1.15 bits per heavy atom. The Balaban J connectivity index is 2.32. The fourth-order valence-electron chi connectivity index (χ4n) is 2.77. The summed E-state index contributed by atoms with van der Waals surface area (Å²) in [4.78, 5) is 11.8. The van der Waals surface area contributed by atoms with Crippen molar-refractivity contribution in [3.8, 4) is 17.2 Å². The lowest BCUT2D eigenvalue weighted by Crippen LogP contribution is -2.14. The Morgan fingerprint density at radius 2 is 1.85 bits per heavy atom. The van der Waals surface area contributed by atoms with Crippen LogP contribution >= 0.6 is 11.6 Å². The number of ether oxygens (including phenoxy) is 3. The monoisotopic (exact) mass is 392 g/mol. The van der Waals surface area contributed by atoms with Gasteiger partial charge in [-0.3, -0.25) is 4.79 Å². The van der Waals surface area contributed by atoms with Crippen LogP contribution < -0.4 is 14.2 Å². The van der Waals surface area contributed by atoms with Crippen molar-refractivity contribution in [3.05, 3.63) is 52.5 Å². The van der Waals surface area contributed by atoms with Gasteiger partial charge in [0.1, 0.15) is 5.75 Å². The van der Waals surface area contributed by atoms with E-state index in [0.29, 0.717) is 41.0 Å². The van der Waals surface area contributed by atoms with Crippen LogP contribution in [0.2, 0.25) is 5.02 Å². The van der Waals surface area contributed by atoms with Crippen molar-refractivity contribution in [2.45, 2.75) is 32.6 Å². The molecule has 2 rings (SSSR count). The largest absolute Gasteiger partial charge is 0.497 e. The Morgan fingerprint density at radius 3 is 2.41 bits per heavy atom. The van der Waals surface area contributed by atoms with E-state index in [9.17, 15) is 9.90 Å². The van der Waals surface area contributed by atoms with Crippen molar-refractivity contribution in [2.24, 2.45) is 0 Å². The molecule has 0 aromatic heterocycles. The third-order valence-electron chi connectivity index (χ3n) is 4.08. The molecule has 6 heteroatoms. The summed E-state index contributed by atoms with van der Waals surface area (Å²) in [5, 5.41) is 10.1. The molecule has 0 fully saturated rings. The molecule has 2 aromatic carbocycles. The zero-order valence-electron chi connectivity index (χ0n) is 15.8. The van der Waals surface area contributed by atoms with Crippen molar-refractivity contribution in [2.75, 3.05) is 20.3 Å². The average Bonchev–Trinajstić information content (AvgIpc) is 2.65. The Labute approximate surface area is 164 Å². The predicted octanol–water partition coefficient (Wildman–Crippen LogP) is 4.95. The number of carboxylic acids is 1. The van der Waals surface area contributed by atoms with Crippen LogP contribution in [0.5, 0.6) is 17.2 Å². The second-order valence-electron chi connectivity index (χ2n) is 6.05. The van der Waals surface area contributed by atoms with Gasteiger partial charge < -0.3 is 19.3 Å². The summed E-state index contributed by atoms with van der Waals surface area (Å²) >= 11 is 6.39. The van der Waals surface area contributed by atoms with Gasteiger partial charge in [0.25, 0.3) is 0 Å². The van der Waals surface area contributed by atoms with E-state index >= 15 is 0 Å². The number of aliphatic carboxylic acids is 1. The number of methoxy groups -OCH3 is 1. The van der Waals surface area contributed by atoms with Gasteiger partial charge in [0.05, 0.1) is 31.3 Å². The van der Waals surface area contributed by atoms with E-state index in [0.717, 1.165) is 12.0 Å². The van der Waals surface area contributed by atoms with Gasteiger partial charge in [0.2, 0.25) is 0 Å². The molecule has 5 nitrogen and oxygen atoms in total. The number of halogens is 1. The molecular weight excluding hydrogens is 368 g/mol. The van der Waals surface area contributed by atoms with E-state index < -0.39 is 11.9 Å². The lowest BCUT2D eigenvalue weighted by atomic mass is 9.92. The van der Waals surface area contributed by atoms with Crippen LogP contribution in [-0.4, -0.2) is 31.4 Å². The third-order valence-corrected chi connectivity index (χ3v) is 4.36. The molecule has 27 heavy (non-hydrogen) atoms. The van der Waals surface area contributed by atoms with Gasteiger partial charge in [-0.2, -0.15) is 0 Å². The highest BCUT2D eigenvalue weighted by molar-refractivity contribution is 6.32. The van der Waals surface area contributed by atoms with Gasteiger partial charge >= 0.3 is 5.97 Å². The molecule has 0 saturated heterocycles. The fraction of sp³-hybridized carbons (Fsp3) is 0.381. The first-order chi connectivity index (χ1) is 13.0. The first kappa shape index (κ1) is 20.9. The molecule has 0 amide bonds. The highest BCUT2D eigenvalue weighted by atomic mass is 35.5. The van der Waals surface area contributed by atoms with Crippen molar-refractivity contribution in [3.63, 3.8) is 0 Å². The number of hydrogen-bond acceptors (Lipinski definition) is 4. The van der Waals surface area contributed by atoms with E-state index in [1.165, 1.54) is 0 Å². The molecule has 0 aliphatic heterocycles. The topological polar surface area (TPSA) is 65.0 Å². The molecule has 0 bridgehead atoms. The number of hydrogen-bond donors (Lipinski definition) is 1. The van der Waals surface area contributed by atoms with Gasteiger partial charge in [-0.05, 0) is 55.2 Å². The maximum absolute atomic E-state index is 11.8. The molecule has 0 radical (unpaired) electrons. The summed E-state index contributed by atoms with van der Waals surface area (Å²) in [6, 6.07) is 10.6. The van der Waals surface area contributed by atoms with E-state index in [2.05, 4.69) is 0 Å². The summed E-state index contributed by atoms with van der Waals surface area (Å²) in [5.74, 6) is 0.110. The number of carbonyl (C=O) groups is 1. The summed E-state index contributed by atoms with van der Waals surface area (Å²) < 4.78 is 16.5. The van der Waals surface area contributed by atoms with Gasteiger partial charge in [0.15, 0.2) is 11.5 Å². The molecule has 1 N–H and O–H groups in total. The zero-order valence-corrected chi connectivity index (χ0v) is 16.6. The first-order valence-electron chi connectivity index (χ1n) is 8.94. The molecule has 0 aliphatic rings. The van der Waals surface area contributed by atoms with Gasteiger partial charge in [-0.25, -0.2) is 0 Å². The summed E-state index contributed by atoms with van der Waals surface area (Å²) in [6.07, 6.45) is 1.14. The molecule has 1 unspecified atom stereocenters. The maximum atomic E-state index is 11.8. The number of rotatable bonds is 10. The molecule has 0 heterocycles. The SMILES string of the molecule is CCCOc1c(Cl)cc(CC(C(=O)O)c2ccc(OC)cc2)cc1OCC. The average molecular weight is 393 g/mol. The van der Waals surface area contributed by atoms with E-state index in [1.54, 1.807) is 43.5 Å². The smallest absolute Gasteiger partial charge is 0.311 e. The molecule has 0 aliphatic carbocycles. The van der Waals surface area contributed by atoms with Crippen LogP contribution in [0, 0.1) is 0 Å². The minimum Gasteiger partial charge on any atom is -0.497 e. The third kappa shape index (κ3) is 5.54. The minimum atomic E-state index is -0.902. The summed E-state index contributed by atoms with van der Waals surface area (Å²) in [5.41, 5.74) is 1.47. The minimum absolute atomic E-state index is 0.287. The van der Waals surface area contributed by atoms with Gasteiger partial charge in [0, 0.05) is 0 Å². The first-order valence-corrected chi connectivity index (χ1v) is 9.32. The lowest BCUT2D eigenvalue weighted by Gasteiger charge is -2.17. The van der Waals surface area contributed by atoms with Crippen LogP contribution in [0.1, 0.15) is 37.3 Å². The van der Waals surface area contributed by atoms with E-state index in [-0.39, 0.29) is 6.42 Å². The van der Waals surface area contributed by atoms with Gasteiger partial charge in [-0.1, -0.05) is 30.7 Å². The van der Waals surface area contributed by atoms with E-state index in [1.807, 2.05) is 13.8 Å². The predicted molar refractivity (Wildman–Crippen MR) is 105 cm³/mol. The van der Waals surface area contributed by atoms with Crippen LogP contribution in [-0.2, 0) is 11.2 Å². The van der Waals surface area contributed by atoms with Crippen molar-refractivity contribution < 1.29 is 24.1 Å². The Hall–Kier alpha value is -2.40. The molecule has 0 saturated carbocycles. The normalized spacial score (nSPS) is 11.7. The lowest BCUT2D eigenvalue weighted by molar-refractivity contribution is -0.138. The van der Waals surface area contributed by atoms with Crippen LogP contribution in [0.3, 0.4) is 0 Å². The van der Waals surface area contributed by atoms with Crippen molar-refractivity contribution in [1.29, 1.82) is 0 Å². The molecular formula is C21H25ClO5. The zero-order chi connectivity index (χ0) is 19.8. The molecule has 146 valence electrons. The molecule has 1 atom stereocenters. The highest BCUT2D eigenvalue weighted by Gasteiger charge is 2.22. The number of carboxylic acid groups (broad SMARTS) is 1. The maximum Gasteiger partial charge on any atom is 0.311 e. The second-order valence-corrected chi connectivity index (χ2v) is 6.46. The van der Waals surface area contributed by atoms with E-state index in [4.69, 9.17) is 25.8 Å². The quantitative estimate of drug-likeness (QED) is 0.619. The Bertz CT molecular complexity index is 758. The van der Waals surface area contributed by atoms with Gasteiger partial charge in [-0.15, -0.1) is 0 Å². The summed E-state index contributed by atoms with van der Waals surface area (Å²) in [6.45, 7) is 4.88. The molecule has 2 aromatic rings. The Kier molecular flexibility index (Phi) is 7.80. The van der Waals surface area contributed by atoms with Crippen LogP contribution in [0.25, 0.3) is 0 Å². The fourth-order valence-corrected chi connectivity index (χ4v) is 3.05. The van der Waals surface area contributed by atoms with Crippen molar-refractivity contribution >= 4 is 17.6 Å². The standard InChI is InChI=1S/C21H25ClO5/c1-4-10-27-20-18(22)12-14(13-19(20)26-5-2)11-17(21(23)24)15-6-8-16(25-3)9-7-15/h6-9,12-13,17H,4-5,10-11H2,1-3H3,(H,23,24). The second kappa shape index (κ2) is 10.1. The number of benzene rings is 2. The van der Waals surface area contributed by atoms with Crippen LogP contribution in [0.4, 0.5) is 0 Å². The van der Waals surface area contributed by atoms with Crippen molar-refractivity contribution in [1.82, 2.24) is 0 Å². The highest BCUT2D eigenvalue weighted by Crippen LogP contribution is 2.38.